The SMILES string of the molecule is O=C1NC(=O)c2cccc3cccc1c23.O=S(=O)(O)C(F)(F)C(F)(F)C(F)(F)C(F)(F)F. The quantitative estimate of drug-likeness (QED) is 0.379. The van der Waals surface area contributed by atoms with Crippen LogP contribution in [0.5, 0.6) is 0 Å². The lowest BCUT2D eigenvalue weighted by molar-refractivity contribution is -0.382. The van der Waals surface area contributed by atoms with Crippen molar-refractivity contribution in [2.75, 3.05) is 0 Å². The Balaban J connectivity index is 0.000000227. The Labute approximate surface area is 171 Å². The highest BCUT2D eigenvalue weighted by atomic mass is 32.2. The second-order valence-corrected chi connectivity index (χ2v) is 7.59. The molecule has 2 amide bonds. The summed E-state index contributed by atoms with van der Waals surface area (Å²) in [5.41, 5.74) is 1.14. The Hall–Kier alpha value is -2.88. The van der Waals surface area contributed by atoms with Gasteiger partial charge in [-0.15, -0.1) is 0 Å². The molecule has 176 valence electrons. The van der Waals surface area contributed by atoms with Crippen molar-refractivity contribution in [1.82, 2.24) is 5.32 Å². The Kier molecular flexibility index (Phi) is 6.04. The fourth-order valence-corrected chi connectivity index (χ4v) is 2.93. The van der Waals surface area contributed by atoms with E-state index >= 15 is 0 Å². The number of carbonyl (C=O) groups excluding carboxylic acids is 2. The molecule has 0 saturated heterocycles. The standard InChI is InChI=1S/C12H7NO2.C4HF9O3S/c14-11-8-5-1-3-7-4-2-6-9(10(7)8)12(15)13-11;5-1(6,3(9,10)11)2(7,8)4(12,13)17(14,15)16/h1-6H,(H,13,14,15);(H,14,15,16). The highest BCUT2D eigenvalue weighted by Crippen LogP contribution is 2.54. The molecule has 0 spiro atoms. The number of hydrogen-bond donors (Lipinski definition) is 2. The molecule has 6 nitrogen and oxygen atoms in total. The minimum atomic E-state index is -7.37. The van der Waals surface area contributed by atoms with Crippen LogP contribution < -0.4 is 5.32 Å². The average Bonchev–Trinajstić information content (AvgIpc) is 2.64. The molecule has 0 bridgehead atoms. The van der Waals surface area contributed by atoms with Gasteiger partial charge in [-0.25, -0.2) is 0 Å². The number of imide groups is 1. The van der Waals surface area contributed by atoms with E-state index in [1.54, 1.807) is 12.1 Å². The third-order valence-corrected chi connectivity index (χ3v) is 4.97. The lowest BCUT2D eigenvalue weighted by Crippen LogP contribution is -2.63. The fraction of sp³-hybridized carbons (Fsp3) is 0.250. The summed E-state index contributed by atoms with van der Waals surface area (Å²) in [7, 11) is -7.17. The highest BCUT2D eigenvalue weighted by molar-refractivity contribution is 7.87. The van der Waals surface area contributed by atoms with Crippen LogP contribution in [0.4, 0.5) is 39.5 Å². The lowest BCUT2D eigenvalue weighted by Gasteiger charge is -2.31. The zero-order valence-electron chi connectivity index (χ0n) is 14.9. The van der Waals surface area contributed by atoms with E-state index in [4.69, 9.17) is 4.55 Å². The smallest absolute Gasteiger partial charge is 0.288 e. The first-order valence-electron chi connectivity index (χ1n) is 7.82. The van der Waals surface area contributed by atoms with E-state index in [1.165, 1.54) is 0 Å². The molecule has 0 aliphatic carbocycles. The first-order chi connectivity index (χ1) is 14.3. The maximum Gasteiger partial charge on any atom is 0.460 e. The molecule has 0 atom stereocenters. The van der Waals surface area contributed by atoms with Gasteiger partial charge >= 0.3 is 33.4 Å². The van der Waals surface area contributed by atoms with E-state index in [0.717, 1.165) is 10.8 Å². The van der Waals surface area contributed by atoms with E-state index < -0.39 is 33.4 Å². The summed E-state index contributed by atoms with van der Waals surface area (Å²) in [5.74, 6) is -15.3. The minimum Gasteiger partial charge on any atom is -0.288 e. The number of alkyl halides is 9. The molecule has 3 rings (SSSR count). The van der Waals surface area contributed by atoms with Gasteiger partial charge in [0, 0.05) is 16.5 Å². The molecule has 2 N–H and O–H groups in total. The number of amides is 2. The van der Waals surface area contributed by atoms with E-state index in [9.17, 15) is 57.5 Å². The molecule has 0 fully saturated rings. The van der Waals surface area contributed by atoms with Crippen LogP contribution in [0.15, 0.2) is 36.4 Å². The van der Waals surface area contributed by atoms with Gasteiger partial charge in [-0.05, 0) is 17.5 Å². The predicted molar refractivity (Wildman–Crippen MR) is 88.2 cm³/mol. The van der Waals surface area contributed by atoms with Crippen molar-refractivity contribution in [3.63, 3.8) is 0 Å². The van der Waals surface area contributed by atoms with E-state index in [0.29, 0.717) is 11.1 Å². The van der Waals surface area contributed by atoms with E-state index in [1.807, 2.05) is 24.3 Å². The monoisotopic (exact) mass is 497 g/mol. The number of carbonyl (C=O) groups is 2. The summed E-state index contributed by atoms with van der Waals surface area (Å²) >= 11 is 0. The number of hydrogen-bond acceptors (Lipinski definition) is 4. The summed E-state index contributed by atoms with van der Waals surface area (Å²) in [6, 6.07) is 10.9. The average molecular weight is 497 g/mol. The molecular formula is C16H8F9NO5S. The molecule has 0 radical (unpaired) electrons. The van der Waals surface area contributed by atoms with Gasteiger partial charge in [-0.1, -0.05) is 24.3 Å². The Morgan fingerprint density at radius 3 is 1.47 bits per heavy atom. The number of rotatable bonds is 3. The van der Waals surface area contributed by atoms with Crippen molar-refractivity contribution < 1.29 is 62.1 Å². The van der Waals surface area contributed by atoms with Gasteiger partial charge in [0.25, 0.3) is 11.8 Å². The van der Waals surface area contributed by atoms with Crippen molar-refractivity contribution >= 4 is 32.7 Å². The van der Waals surface area contributed by atoms with Crippen molar-refractivity contribution in [3.05, 3.63) is 47.5 Å². The minimum absolute atomic E-state index is 0.315. The first kappa shape index (κ1) is 25.4. The fourth-order valence-electron chi connectivity index (χ4n) is 2.48. The molecule has 2 aromatic rings. The number of halogens is 9. The molecule has 1 aliphatic rings. The molecule has 0 unspecified atom stereocenters. The largest absolute Gasteiger partial charge is 0.460 e. The van der Waals surface area contributed by atoms with Gasteiger partial charge < -0.3 is 0 Å². The number of benzene rings is 2. The maximum atomic E-state index is 12.2. The molecular weight excluding hydrogens is 489 g/mol. The van der Waals surface area contributed by atoms with Gasteiger partial charge in [0.1, 0.15) is 0 Å². The van der Waals surface area contributed by atoms with Crippen molar-refractivity contribution in [3.8, 4) is 0 Å². The summed E-state index contributed by atoms with van der Waals surface area (Å²) in [6.07, 6.45) is -7.13. The zero-order chi connectivity index (χ0) is 24.9. The van der Waals surface area contributed by atoms with Crippen LogP contribution in [0.25, 0.3) is 10.8 Å². The van der Waals surface area contributed by atoms with Crippen LogP contribution in [0.3, 0.4) is 0 Å². The topological polar surface area (TPSA) is 101 Å². The summed E-state index contributed by atoms with van der Waals surface area (Å²) < 4.78 is 134. The van der Waals surface area contributed by atoms with Crippen LogP contribution in [-0.4, -0.2) is 48.1 Å². The Bertz CT molecular complexity index is 1140. The summed E-state index contributed by atoms with van der Waals surface area (Å²) in [4.78, 5) is 23.1. The first-order valence-corrected chi connectivity index (χ1v) is 9.26. The molecule has 2 aromatic carbocycles. The van der Waals surface area contributed by atoms with Crippen LogP contribution >= 0.6 is 0 Å². The van der Waals surface area contributed by atoms with Gasteiger partial charge in [0.15, 0.2) is 0 Å². The number of nitrogens with one attached hydrogen (secondary N) is 1. The zero-order valence-corrected chi connectivity index (χ0v) is 15.7. The Morgan fingerprint density at radius 1 is 0.719 bits per heavy atom. The van der Waals surface area contributed by atoms with Crippen LogP contribution in [-0.2, 0) is 10.1 Å². The van der Waals surface area contributed by atoms with Gasteiger partial charge in [-0.2, -0.15) is 47.9 Å². The summed E-state index contributed by atoms with van der Waals surface area (Å²) in [5, 5.41) is -3.00. The maximum absolute atomic E-state index is 12.2. The van der Waals surface area contributed by atoms with Crippen LogP contribution in [0.2, 0.25) is 0 Å². The second-order valence-electron chi connectivity index (χ2n) is 6.13. The normalized spacial score (nSPS) is 15.2. The third-order valence-electron chi connectivity index (χ3n) is 4.06. The van der Waals surface area contributed by atoms with Gasteiger partial charge in [-0.3, -0.25) is 19.5 Å². The molecule has 32 heavy (non-hydrogen) atoms. The Morgan fingerprint density at radius 2 is 1.12 bits per heavy atom. The van der Waals surface area contributed by atoms with Crippen LogP contribution in [0.1, 0.15) is 20.7 Å². The van der Waals surface area contributed by atoms with E-state index in [-0.39, 0.29) is 11.8 Å². The van der Waals surface area contributed by atoms with Crippen molar-refractivity contribution in [2.24, 2.45) is 0 Å². The third kappa shape index (κ3) is 3.87. The predicted octanol–water partition coefficient (Wildman–Crippen LogP) is 4.02. The summed E-state index contributed by atoms with van der Waals surface area (Å²) in [6.45, 7) is 0. The van der Waals surface area contributed by atoms with Gasteiger partial charge in [0.05, 0.1) is 0 Å². The molecule has 0 aromatic heterocycles. The molecule has 16 heteroatoms. The molecule has 1 heterocycles. The molecule has 1 aliphatic heterocycles. The van der Waals surface area contributed by atoms with E-state index in [2.05, 4.69) is 5.32 Å². The second kappa shape index (κ2) is 7.61. The highest BCUT2D eigenvalue weighted by Gasteiger charge is 2.85. The van der Waals surface area contributed by atoms with Crippen molar-refractivity contribution in [2.45, 2.75) is 23.3 Å². The van der Waals surface area contributed by atoms with Crippen molar-refractivity contribution in [1.29, 1.82) is 0 Å². The van der Waals surface area contributed by atoms with Gasteiger partial charge in [0.2, 0.25) is 0 Å². The van der Waals surface area contributed by atoms with Crippen LogP contribution in [0, 0.1) is 0 Å². The lowest BCUT2D eigenvalue weighted by atomic mass is 9.95. The molecule has 0 saturated carbocycles.